The van der Waals surface area contributed by atoms with Gasteiger partial charge in [0.25, 0.3) is 0 Å². The summed E-state index contributed by atoms with van der Waals surface area (Å²) in [5.74, 6) is 0.638. The highest BCUT2D eigenvalue weighted by Crippen LogP contribution is 2.53. The zero-order chi connectivity index (χ0) is 22.6. The van der Waals surface area contributed by atoms with E-state index in [4.69, 9.17) is 32.4 Å². The van der Waals surface area contributed by atoms with Crippen LogP contribution in [0, 0.1) is 0 Å². The first kappa shape index (κ1) is 20.3. The van der Waals surface area contributed by atoms with Crippen LogP contribution in [-0.2, 0) is 9.59 Å². The first-order chi connectivity index (χ1) is 15.3. The van der Waals surface area contributed by atoms with Crippen LogP contribution in [0.4, 0.5) is 17.1 Å². The number of carbonyl (C=O) groups is 2. The molecule has 2 amide bonds. The molecule has 0 spiro atoms. The average molecular weight is 469 g/mol. The molecule has 32 heavy (non-hydrogen) atoms. The number of carbonyl (C=O) groups excluding carboxylic acids is 2. The van der Waals surface area contributed by atoms with Gasteiger partial charge in [0.2, 0.25) is 11.8 Å². The number of nitrogens with zero attached hydrogens (tertiary/aromatic N) is 2. The summed E-state index contributed by atoms with van der Waals surface area (Å²) in [4.78, 5) is 31.1. The van der Waals surface area contributed by atoms with Crippen molar-refractivity contribution < 1.29 is 18.7 Å². The van der Waals surface area contributed by atoms with Gasteiger partial charge in [-0.1, -0.05) is 23.2 Å². The fourth-order valence-corrected chi connectivity index (χ4v) is 3.95. The van der Waals surface area contributed by atoms with Crippen molar-refractivity contribution in [3.8, 4) is 23.0 Å². The highest BCUT2D eigenvalue weighted by atomic mass is 35.5. The Labute approximate surface area is 191 Å². The van der Waals surface area contributed by atoms with Gasteiger partial charge in [0, 0.05) is 31.7 Å². The SMILES string of the molecule is CC(=O)N=c1ccc2nc3c(Cl)c4c(c(Cl)c3oc-2c1)Nc1ccc(NC(C)=O)cc1O4. The van der Waals surface area contributed by atoms with E-state index in [0.717, 1.165) is 0 Å². The summed E-state index contributed by atoms with van der Waals surface area (Å²) in [5.41, 5.74) is 2.74. The molecule has 0 radical (unpaired) electrons. The lowest BCUT2D eigenvalue weighted by Gasteiger charge is -2.25. The first-order valence-corrected chi connectivity index (χ1v) is 10.2. The highest BCUT2D eigenvalue weighted by molar-refractivity contribution is 6.43. The molecule has 8 nitrogen and oxygen atoms in total. The van der Waals surface area contributed by atoms with E-state index in [1.54, 1.807) is 36.4 Å². The third-order valence-corrected chi connectivity index (χ3v) is 5.43. The topological polar surface area (TPSA) is 106 Å². The van der Waals surface area contributed by atoms with Gasteiger partial charge in [0.15, 0.2) is 22.8 Å². The van der Waals surface area contributed by atoms with Crippen LogP contribution in [0.3, 0.4) is 0 Å². The average Bonchev–Trinajstić information content (AvgIpc) is 2.74. The fourth-order valence-electron chi connectivity index (χ4n) is 3.43. The Balaban J connectivity index is 1.68. The van der Waals surface area contributed by atoms with E-state index >= 15 is 0 Å². The summed E-state index contributed by atoms with van der Waals surface area (Å²) in [5, 5.41) is 6.81. The Hall–Kier alpha value is -3.62. The smallest absolute Gasteiger partial charge is 0.243 e. The van der Waals surface area contributed by atoms with E-state index in [9.17, 15) is 9.59 Å². The predicted molar refractivity (Wildman–Crippen MR) is 121 cm³/mol. The largest absolute Gasteiger partial charge is 0.451 e. The van der Waals surface area contributed by atoms with Gasteiger partial charge in [0.05, 0.1) is 11.0 Å². The van der Waals surface area contributed by atoms with Gasteiger partial charge in [-0.25, -0.2) is 9.98 Å². The lowest BCUT2D eigenvalue weighted by Crippen LogP contribution is -2.09. The molecule has 0 unspecified atom stereocenters. The maximum atomic E-state index is 11.4. The monoisotopic (exact) mass is 468 g/mol. The van der Waals surface area contributed by atoms with Crippen LogP contribution in [-0.4, -0.2) is 16.8 Å². The quantitative estimate of drug-likeness (QED) is 0.315. The number of anilines is 3. The Morgan fingerprint density at radius 3 is 2.66 bits per heavy atom. The first-order valence-electron chi connectivity index (χ1n) is 9.47. The molecule has 0 saturated heterocycles. The van der Waals surface area contributed by atoms with Gasteiger partial charge in [0.1, 0.15) is 26.9 Å². The molecule has 0 aromatic heterocycles. The van der Waals surface area contributed by atoms with Crippen molar-refractivity contribution >= 4 is 63.2 Å². The van der Waals surface area contributed by atoms with Crippen molar-refractivity contribution in [1.29, 1.82) is 0 Å². The number of benzene rings is 3. The van der Waals surface area contributed by atoms with Crippen molar-refractivity contribution in [2.24, 2.45) is 4.99 Å². The minimum atomic E-state index is -0.324. The summed E-state index contributed by atoms with van der Waals surface area (Å²) in [6.45, 7) is 2.79. The summed E-state index contributed by atoms with van der Waals surface area (Å²) >= 11 is 13.3. The molecule has 2 N–H and O–H groups in total. The minimum absolute atomic E-state index is 0.196. The Kier molecular flexibility index (Phi) is 4.76. The molecular formula is C22H14Cl2N4O4. The highest BCUT2D eigenvalue weighted by Gasteiger charge is 2.28. The normalized spacial score (nSPS) is 12.7. The van der Waals surface area contributed by atoms with E-state index in [1.807, 2.05) is 0 Å². The van der Waals surface area contributed by atoms with Gasteiger partial charge in [-0.2, -0.15) is 0 Å². The second-order valence-electron chi connectivity index (χ2n) is 7.13. The molecule has 2 aromatic rings. The zero-order valence-corrected chi connectivity index (χ0v) is 18.3. The molecule has 1 aliphatic carbocycles. The minimum Gasteiger partial charge on any atom is -0.451 e. The summed E-state index contributed by atoms with van der Waals surface area (Å²) in [6.07, 6.45) is 0. The number of halogens is 2. The Morgan fingerprint density at radius 1 is 1.09 bits per heavy atom. The molecule has 0 fully saturated rings. The van der Waals surface area contributed by atoms with Crippen LogP contribution >= 0.6 is 23.2 Å². The maximum absolute atomic E-state index is 11.4. The van der Waals surface area contributed by atoms with Crippen molar-refractivity contribution in [3.63, 3.8) is 0 Å². The number of ether oxygens (including phenoxy) is 1. The number of fused-ring (bicyclic) bond motifs is 4. The second kappa shape index (κ2) is 7.51. The van der Waals surface area contributed by atoms with Gasteiger partial charge in [-0.15, -0.1) is 0 Å². The van der Waals surface area contributed by atoms with Gasteiger partial charge in [-0.3, -0.25) is 9.59 Å². The fraction of sp³-hybridized carbons (Fsp3) is 0.0909. The molecule has 0 saturated carbocycles. The number of rotatable bonds is 1. The Bertz CT molecular complexity index is 1500. The van der Waals surface area contributed by atoms with Crippen LogP contribution in [0.2, 0.25) is 10.0 Å². The van der Waals surface area contributed by atoms with Crippen LogP contribution in [0.5, 0.6) is 11.5 Å². The number of hydrogen-bond donors (Lipinski definition) is 2. The maximum Gasteiger partial charge on any atom is 0.243 e. The number of aromatic nitrogens is 1. The van der Waals surface area contributed by atoms with Crippen molar-refractivity contribution in [2.45, 2.75) is 13.8 Å². The number of nitrogens with one attached hydrogen (secondary N) is 2. The molecule has 10 heteroatoms. The molecule has 2 aliphatic heterocycles. The Morgan fingerprint density at radius 2 is 1.91 bits per heavy atom. The lowest BCUT2D eigenvalue weighted by atomic mass is 10.1. The van der Waals surface area contributed by atoms with Gasteiger partial charge >= 0.3 is 0 Å². The summed E-state index contributed by atoms with van der Waals surface area (Å²) < 4.78 is 12.0. The third-order valence-electron chi connectivity index (χ3n) is 4.72. The van der Waals surface area contributed by atoms with Crippen molar-refractivity contribution in [2.75, 3.05) is 10.6 Å². The van der Waals surface area contributed by atoms with E-state index in [1.165, 1.54) is 13.8 Å². The second-order valence-corrected chi connectivity index (χ2v) is 7.88. The van der Waals surface area contributed by atoms with Crippen molar-refractivity contribution in [1.82, 2.24) is 4.98 Å². The number of amides is 2. The predicted octanol–water partition coefficient (Wildman–Crippen LogP) is 5.49. The summed E-state index contributed by atoms with van der Waals surface area (Å²) in [7, 11) is 0. The van der Waals surface area contributed by atoms with Gasteiger partial charge in [-0.05, 0) is 24.3 Å². The molecular weight excluding hydrogens is 455 g/mol. The van der Waals surface area contributed by atoms with Crippen LogP contribution in [0.1, 0.15) is 13.8 Å². The zero-order valence-electron chi connectivity index (χ0n) is 16.7. The standard InChI is InChI=1S/C22H14Cl2N4O4/c1-9(29)25-11-3-5-13-15(7-11)31-21-17(23)20-22(18(24)19(21)27-13)32-16-8-12(26-10(2)30)4-6-14(16)28-20/h3-8,27H,1-2H3,(H,25,29). The molecule has 2 heterocycles. The van der Waals surface area contributed by atoms with Crippen molar-refractivity contribution in [3.05, 3.63) is 51.8 Å². The lowest BCUT2D eigenvalue weighted by molar-refractivity contribution is -0.116. The molecule has 3 aliphatic rings. The van der Waals surface area contributed by atoms with E-state index < -0.39 is 0 Å². The summed E-state index contributed by atoms with van der Waals surface area (Å²) in [6, 6.07) is 10.1. The molecule has 2 aromatic carbocycles. The van der Waals surface area contributed by atoms with Crippen LogP contribution < -0.4 is 20.7 Å². The van der Waals surface area contributed by atoms with E-state index in [-0.39, 0.29) is 27.4 Å². The molecule has 0 bridgehead atoms. The molecule has 160 valence electrons. The van der Waals surface area contributed by atoms with E-state index in [0.29, 0.717) is 50.9 Å². The van der Waals surface area contributed by atoms with Crippen LogP contribution in [0.15, 0.2) is 45.8 Å². The molecule has 0 atom stereocenters. The third kappa shape index (κ3) is 3.43. The molecule has 5 rings (SSSR count). The van der Waals surface area contributed by atoms with Gasteiger partial charge < -0.3 is 19.8 Å². The van der Waals surface area contributed by atoms with Crippen LogP contribution in [0.25, 0.3) is 22.6 Å². The number of hydrogen-bond acceptors (Lipinski definition) is 6. The van der Waals surface area contributed by atoms with E-state index in [2.05, 4.69) is 20.6 Å².